The molecule has 25 heavy (non-hydrogen) atoms. The second-order valence-corrected chi connectivity index (χ2v) is 6.15. The van der Waals surface area contributed by atoms with Crippen molar-refractivity contribution in [3.63, 3.8) is 0 Å². The molecule has 132 valence electrons. The molecule has 0 bridgehead atoms. The summed E-state index contributed by atoms with van der Waals surface area (Å²) in [6.07, 6.45) is -3.10. The minimum absolute atomic E-state index is 0.0646. The molecule has 9 heteroatoms. The smallest absolute Gasteiger partial charge is 0.309 e. The van der Waals surface area contributed by atoms with Crippen LogP contribution < -0.4 is 5.32 Å². The van der Waals surface area contributed by atoms with Crippen LogP contribution in [0, 0.1) is 17.2 Å². The van der Waals surface area contributed by atoms with Gasteiger partial charge in [0, 0.05) is 6.42 Å². The van der Waals surface area contributed by atoms with Crippen LogP contribution in [0.3, 0.4) is 0 Å². The molecule has 0 atom stereocenters. The average Bonchev–Trinajstić information content (AvgIpc) is 2.87. The van der Waals surface area contributed by atoms with Gasteiger partial charge in [0.05, 0.1) is 22.5 Å². The molecule has 0 radical (unpaired) electrons. The number of nitrogens with zero attached hydrogens (tertiary/aromatic N) is 3. The molecule has 0 aliphatic rings. The van der Waals surface area contributed by atoms with Crippen LogP contribution in [0.2, 0.25) is 5.02 Å². The highest BCUT2D eigenvalue weighted by Crippen LogP contribution is 2.34. The number of aromatic nitrogens is 2. The molecule has 5 nitrogen and oxygen atoms in total. The molecule has 0 unspecified atom stereocenters. The predicted octanol–water partition coefficient (Wildman–Crippen LogP) is 4.40. The standard InChI is InChI=1S/C16H14ClF3N4O/c1-9(2)5-14(25)23-15-10(7-21)8-22-24(15)13-4-3-11(6-12(13)17)16(18,19)20/h3-4,6,8-9H,5H2,1-2H3,(H,23,25). The van der Waals surface area contributed by atoms with Crippen molar-refractivity contribution in [2.45, 2.75) is 26.4 Å². The third-order valence-corrected chi connectivity index (χ3v) is 3.55. The number of carbonyl (C=O) groups excluding carboxylic acids is 1. The molecule has 0 spiro atoms. The summed E-state index contributed by atoms with van der Waals surface area (Å²) in [6.45, 7) is 3.71. The zero-order chi connectivity index (χ0) is 18.8. The number of nitriles is 1. The Morgan fingerprint density at radius 1 is 1.44 bits per heavy atom. The monoisotopic (exact) mass is 370 g/mol. The largest absolute Gasteiger partial charge is 0.416 e. The normalized spacial score (nSPS) is 11.4. The van der Waals surface area contributed by atoms with E-state index in [2.05, 4.69) is 10.4 Å². The first-order chi connectivity index (χ1) is 11.6. The molecule has 0 fully saturated rings. The Morgan fingerprint density at radius 3 is 2.64 bits per heavy atom. The van der Waals surface area contributed by atoms with Gasteiger partial charge in [-0.05, 0) is 24.1 Å². The molecule has 1 N–H and O–H groups in total. The number of amides is 1. The lowest BCUT2D eigenvalue weighted by molar-refractivity contribution is -0.137. The third kappa shape index (κ3) is 4.31. The molecule has 1 amide bonds. The molecule has 0 aliphatic heterocycles. The number of hydrogen-bond acceptors (Lipinski definition) is 3. The fraction of sp³-hybridized carbons (Fsp3) is 0.312. The zero-order valence-electron chi connectivity index (χ0n) is 13.4. The summed E-state index contributed by atoms with van der Waals surface area (Å²) >= 11 is 5.96. The first-order valence-corrected chi connectivity index (χ1v) is 7.66. The Hall–Kier alpha value is -2.53. The summed E-state index contributed by atoms with van der Waals surface area (Å²) in [5.41, 5.74) is -0.705. The summed E-state index contributed by atoms with van der Waals surface area (Å²) in [6, 6.07) is 4.64. The third-order valence-electron chi connectivity index (χ3n) is 3.24. The minimum Gasteiger partial charge on any atom is -0.309 e. The molecule has 1 heterocycles. The van der Waals surface area contributed by atoms with E-state index in [1.54, 1.807) is 0 Å². The van der Waals surface area contributed by atoms with E-state index in [1.807, 2.05) is 19.9 Å². The Kier molecular flexibility index (Phi) is 5.38. The zero-order valence-corrected chi connectivity index (χ0v) is 14.1. The van der Waals surface area contributed by atoms with Gasteiger partial charge in [0.15, 0.2) is 5.82 Å². The van der Waals surface area contributed by atoms with Gasteiger partial charge < -0.3 is 5.32 Å². The summed E-state index contributed by atoms with van der Waals surface area (Å²) < 4.78 is 39.4. The van der Waals surface area contributed by atoms with Crippen molar-refractivity contribution in [3.8, 4) is 11.8 Å². The minimum atomic E-state index is -4.53. The summed E-state index contributed by atoms with van der Waals surface area (Å²) in [5.74, 6) is -0.178. The Balaban J connectivity index is 2.45. The predicted molar refractivity (Wildman–Crippen MR) is 86.4 cm³/mol. The molecule has 1 aromatic carbocycles. The van der Waals surface area contributed by atoms with Crippen molar-refractivity contribution < 1.29 is 18.0 Å². The number of hydrogen-bond donors (Lipinski definition) is 1. The molecule has 0 saturated carbocycles. The maximum atomic E-state index is 12.8. The van der Waals surface area contributed by atoms with Gasteiger partial charge in [-0.2, -0.15) is 23.5 Å². The van der Waals surface area contributed by atoms with Crippen LogP contribution in [0.5, 0.6) is 0 Å². The van der Waals surface area contributed by atoms with E-state index in [9.17, 15) is 18.0 Å². The van der Waals surface area contributed by atoms with E-state index >= 15 is 0 Å². The van der Waals surface area contributed by atoms with Gasteiger partial charge >= 0.3 is 6.18 Å². The van der Waals surface area contributed by atoms with Gasteiger partial charge in [-0.15, -0.1) is 0 Å². The highest BCUT2D eigenvalue weighted by molar-refractivity contribution is 6.32. The van der Waals surface area contributed by atoms with Gasteiger partial charge in [-0.3, -0.25) is 4.79 Å². The Bertz CT molecular complexity index is 837. The van der Waals surface area contributed by atoms with Crippen LogP contribution in [-0.2, 0) is 11.0 Å². The van der Waals surface area contributed by atoms with Crippen LogP contribution in [0.15, 0.2) is 24.4 Å². The lowest BCUT2D eigenvalue weighted by Gasteiger charge is -2.13. The number of anilines is 1. The highest BCUT2D eigenvalue weighted by atomic mass is 35.5. The van der Waals surface area contributed by atoms with Gasteiger partial charge in [0.2, 0.25) is 5.91 Å². The molecular formula is C16H14ClF3N4O. The van der Waals surface area contributed by atoms with Crippen molar-refractivity contribution in [3.05, 3.63) is 40.5 Å². The van der Waals surface area contributed by atoms with Crippen LogP contribution >= 0.6 is 11.6 Å². The molecule has 2 rings (SSSR count). The van der Waals surface area contributed by atoms with Gasteiger partial charge in [0.25, 0.3) is 0 Å². The van der Waals surface area contributed by atoms with Crippen molar-refractivity contribution in [2.24, 2.45) is 5.92 Å². The average molecular weight is 371 g/mol. The number of alkyl halides is 3. The molecular weight excluding hydrogens is 357 g/mol. The van der Waals surface area contributed by atoms with E-state index in [0.717, 1.165) is 22.9 Å². The molecule has 0 saturated heterocycles. The van der Waals surface area contributed by atoms with E-state index in [1.165, 1.54) is 6.20 Å². The van der Waals surface area contributed by atoms with E-state index in [0.29, 0.717) is 0 Å². The lowest BCUT2D eigenvalue weighted by Crippen LogP contribution is -2.17. The van der Waals surface area contributed by atoms with E-state index in [4.69, 9.17) is 16.9 Å². The number of benzene rings is 1. The summed E-state index contributed by atoms with van der Waals surface area (Å²) in [5, 5.41) is 15.5. The van der Waals surface area contributed by atoms with Crippen molar-refractivity contribution in [1.29, 1.82) is 5.26 Å². The summed E-state index contributed by atoms with van der Waals surface area (Å²) in [7, 11) is 0. The second kappa shape index (κ2) is 7.15. The van der Waals surface area contributed by atoms with E-state index < -0.39 is 11.7 Å². The van der Waals surface area contributed by atoms with Crippen molar-refractivity contribution in [1.82, 2.24) is 9.78 Å². The maximum absolute atomic E-state index is 12.8. The fourth-order valence-corrected chi connectivity index (χ4v) is 2.40. The van der Waals surface area contributed by atoms with Crippen LogP contribution in [0.25, 0.3) is 5.69 Å². The lowest BCUT2D eigenvalue weighted by atomic mass is 10.1. The van der Waals surface area contributed by atoms with Crippen molar-refractivity contribution in [2.75, 3.05) is 5.32 Å². The van der Waals surface area contributed by atoms with Crippen molar-refractivity contribution >= 4 is 23.3 Å². The SMILES string of the molecule is CC(C)CC(=O)Nc1c(C#N)cnn1-c1ccc(C(F)(F)F)cc1Cl. The first kappa shape index (κ1) is 18.8. The fourth-order valence-electron chi connectivity index (χ4n) is 2.14. The van der Waals surface area contributed by atoms with Crippen LogP contribution in [0.4, 0.5) is 19.0 Å². The Morgan fingerprint density at radius 2 is 2.12 bits per heavy atom. The number of nitrogens with one attached hydrogen (secondary N) is 1. The van der Waals surface area contributed by atoms with Gasteiger partial charge in [-0.25, -0.2) is 4.68 Å². The Labute approximate surface area is 147 Å². The number of rotatable bonds is 4. The van der Waals surface area contributed by atoms with Gasteiger partial charge in [-0.1, -0.05) is 25.4 Å². The molecule has 2 aromatic rings. The summed E-state index contributed by atoms with van der Waals surface area (Å²) in [4.78, 5) is 12.0. The van der Waals surface area contributed by atoms with E-state index in [-0.39, 0.29) is 40.3 Å². The van der Waals surface area contributed by atoms with Gasteiger partial charge in [0.1, 0.15) is 11.6 Å². The topological polar surface area (TPSA) is 70.7 Å². The van der Waals surface area contributed by atoms with Crippen LogP contribution in [0.1, 0.15) is 31.4 Å². The molecule has 1 aromatic heterocycles. The number of carbonyl (C=O) groups is 1. The number of halogens is 4. The molecule has 0 aliphatic carbocycles. The highest BCUT2D eigenvalue weighted by Gasteiger charge is 2.31. The van der Waals surface area contributed by atoms with Crippen LogP contribution in [-0.4, -0.2) is 15.7 Å². The first-order valence-electron chi connectivity index (χ1n) is 7.28. The second-order valence-electron chi connectivity index (χ2n) is 5.74. The maximum Gasteiger partial charge on any atom is 0.416 e. The quantitative estimate of drug-likeness (QED) is 0.867.